The third-order valence-corrected chi connectivity index (χ3v) is 2.78. The first-order chi connectivity index (χ1) is 7.15. The molecule has 7 nitrogen and oxygen atoms in total. The molecule has 0 N–H and O–H groups in total. The predicted octanol–water partition coefficient (Wildman–Crippen LogP) is 0.534. The van der Waals surface area contributed by atoms with E-state index in [0.29, 0.717) is 5.82 Å². The third kappa shape index (κ3) is 2.36. The van der Waals surface area contributed by atoms with Crippen molar-refractivity contribution in [3.63, 3.8) is 0 Å². The van der Waals surface area contributed by atoms with E-state index in [9.17, 15) is 4.79 Å². The molecule has 0 aromatic carbocycles. The summed E-state index contributed by atoms with van der Waals surface area (Å²) in [4.78, 5) is 20.7. The zero-order valence-corrected chi connectivity index (χ0v) is 9.82. The van der Waals surface area contributed by atoms with Gasteiger partial charge in [-0.15, -0.1) is 16.4 Å². The number of aromatic nitrogens is 5. The number of hydrogen-bond donors (Lipinski definition) is 0. The molecule has 0 fully saturated rings. The van der Waals surface area contributed by atoms with Gasteiger partial charge in [-0.3, -0.25) is 0 Å². The highest BCUT2D eigenvalue weighted by Crippen LogP contribution is 2.25. The third-order valence-electron chi connectivity index (χ3n) is 1.30. The Labute approximate surface area is 96.2 Å². The second-order valence-corrected chi connectivity index (χ2v) is 4.73. The predicted molar refractivity (Wildman–Crippen MR) is 53.9 cm³/mol. The topological polar surface area (TPSA) is 82.8 Å². The average molecular weight is 290 g/mol. The van der Waals surface area contributed by atoms with Gasteiger partial charge < -0.3 is 4.84 Å². The summed E-state index contributed by atoms with van der Waals surface area (Å²) >= 11 is 4.58. The van der Waals surface area contributed by atoms with Crippen LogP contribution in [-0.2, 0) is 4.79 Å². The molecule has 0 bridgehead atoms. The number of carbonyl (C=O) groups excluding carboxylic acids is 1. The van der Waals surface area contributed by atoms with Gasteiger partial charge in [-0.05, 0) is 21.1 Å². The molecule has 0 aliphatic heterocycles. The summed E-state index contributed by atoms with van der Waals surface area (Å²) < 4.78 is 0.723. The second-order valence-electron chi connectivity index (χ2n) is 2.43. The summed E-state index contributed by atoms with van der Waals surface area (Å²) in [7, 11) is 0. The van der Waals surface area contributed by atoms with Gasteiger partial charge in [0.2, 0.25) is 5.82 Å². The molecule has 2 aromatic rings. The van der Waals surface area contributed by atoms with Crippen LogP contribution in [0.4, 0.5) is 0 Å². The zero-order chi connectivity index (χ0) is 10.8. The Morgan fingerprint density at radius 2 is 2.47 bits per heavy atom. The van der Waals surface area contributed by atoms with Crippen LogP contribution in [-0.4, -0.2) is 31.3 Å². The van der Waals surface area contributed by atoms with Gasteiger partial charge in [0.1, 0.15) is 0 Å². The molecule has 0 radical (unpaired) electrons. The molecular formula is C6H4BrN5O2S. The van der Waals surface area contributed by atoms with Crippen LogP contribution in [0.5, 0.6) is 0 Å². The van der Waals surface area contributed by atoms with Crippen LogP contribution in [0, 0.1) is 0 Å². The van der Waals surface area contributed by atoms with Crippen molar-refractivity contribution in [2.24, 2.45) is 0 Å². The minimum Gasteiger partial charge on any atom is -0.301 e. The van der Waals surface area contributed by atoms with Crippen LogP contribution < -0.4 is 4.84 Å². The van der Waals surface area contributed by atoms with Crippen LogP contribution in [0.25, 0.3) is 10.7 Å². The summed E-state index contributed by atoms with van der Waals surface area (Å²) in [5, 5.41) is 11.1. The van der Waals surface area contributed by atoms with Crippen molar-refractivity contribution in [1.82, 2.24) is 25.4 Å². The molecule has 0 aliphatic rings. The van der Waals surface area contributed by atoms with Crippen molar-refractivity contribution in [1.29, 1.82) is 0 Å². The molecule has 0 unspecified atom stereocenters. The maximum absolute atomic E-state index is 10.6. The molecule has 78 valence electrons. The maximum atomic E-state index is 10.6. The fourth-order valence-electron chi connectivity index (χ4n) is 0.810. The van der Waals surface area contributed by atoms with Crippen molar-refractivity contribution in [3.8, 4) is 10.7 Å². The van der Waals surface area contributed by atoms with Gasteiger partial charge in [-0.25, -0.2) is 9.78 Å². The molecule has 0 aliphatic carbocycles. The SMILES string of the molecule is CC(=O)On1nnc(-c2cnc(Br)s2)n1. The molecule has 15 heavy (non-hydrogen) atoms. The van der Waals surface area contributed by atoms with E-state index in [4.69, 9.17) is 0 Å². The van der Waals surface area contributed by atoms with E-state index in [1.54, 1.807) is 6.20 Å². The number of tetrazole rings is 1. The molecule has 2 heterocycles. The molecule has 0 saturated carbocycles. The summed E-state index contributed by atoms with van der Waals surface area (Å²) in [5.74, 6) is -0.149. The number of hydrogen-bond acceptors (Lipinski definition) is 7. The van der Waals surface area contributed by atoms with Crippen molar-refractivity contribution < 1.29 is 9.63 Å². The smallest absolute Gasteiger partial charge is 0.301 e. The summed E-state index contributed by atoms with van der Waals surface area (Å²) in [6.45, 7) is 1.26. The van der Waals surface area contributed by atoms with Gasteiger partial charge >= 0.3 is 5.97 Å². The van der Waals surface area contributed by atoms with Crippen molar-refractivity contribution in [3.05, 3.63) is 10.1 Å². The van der Waals surface area contributed by atoms with E-state index in [1.165, 1.54) is 18.3 Å². The van der Waals surface area contributed by atoms with Crippen molar-refractivity contribution in [2.45, 2.75) is 6.92 Å². The van der Waals surface area contributed by atoms with E-state index in [1.807, 2.05) is 0 Å². The summed E-state index contributed by atoms with van der Waals surface area (Å²) in [5.41, 5.74) is 0. The monoisotopic (exact) mass is 289 g/mol. The molecular weight excluding hydrogens is 286 g/mol. The number of nitrogens with zero attached hydrogens (tertiary/aromatic N) is 5. The summed E-state index contributed by atoms with van der Waals surface area (Å²) in [6, 6.07) is 0. The number of thiazole rings is 1. The number of rotatable bonds is 2. The lowest BCUT2D eigenvalue weighted by molar-refractivity contribution is -0.145. The Balaban J connectivity index is 2.23. The van der Waals surface area contributed by atoms with Gasteiger partial charge in [-0.2, -0.15) is 0 Å². The highest BCUT2D eigenvalue weighted by atomic mass is 79.9. The zero-order valence-electron chi connectivity index (χ0n) is 7.42. The Morgan fingerprint density at radius 1 is 1.67 bits per heavy atom. The second kappa shape index (κ2) is 4.03. The maximum Gasteiger partial charge on any atom is 0.333 e. The van der Waals surface area contributed by atoms with E-state index >= 15 is 0 Å². The van der Waals surface area contributed by atoms with Gasteiger partial charge in [0, 0.05) is 11.9 Å². The highest BCUT2D eigenvalue weighted by Gasteiger charge is 2.10. The Bertz CT molecular complexity index is 495. The molecule has 0 spiro atoms. The van der Waals surface area contributed by atoms with Gasteiger partial charge in [-0.1, -0.05) is 5.10 Å². The lowest BCUT2D eigenvalue weighted by Crippen LogP contribution is -2.19. The minimum atomic E-state index is -0.510. The van der Waals surface area contributed by atoms with Gasteiger partial charge in [0.25, 0.3) is 0 Å². The normalized spacial score (nSPS) is 10.3. The fourth-order valence-corrected chi connectivity index (χ4v) is 2.00. The fraction of sp³-hybridized carbons (Fsp3) is 0.167. The number of halogens is 1. The van der Waals surface area contributed by atoms with E-state index in [0.717, 1.165) is 13.8 Å². The van der Waals surface area contributed by atoms with Gasteiger partial charge in [0.05, 0.1) is 11.1 Å². The Hall–Kier alpha value is -1.35. The summed E-state index contributed by atoms with van der Waals surface area (Å²) in [6.07, 6.45) is 1.60. The highest BCUT2D eigenvalue weighted by molar-refractivity contribution is 9.11. The van der Waals surface area contributed by atoms with Crippen LogP contribution in [0.3, 0.4) is 0 Å². The first-order valence-corrected chi connectivity index (χ1v) is 5.37. The van der Waals surface area contributed by atoms with E-state index in [-0.39, 0.29) is 0 Å². The van der Waals surface area contributed by atoms with Crippen LogP contribution in [0.1, 0.15) is 6.92 Å². The standard InChI is InChI=1S/C6H4BrN5O2S/c1-3(13)14-12-10-5(9-11-12)4-2-8-6(7)15-4/h2H,1H3. The van der Waals surface area contributed by atoms with Crippen molar-refractivity contribution >= 4 is 33.2 Å². The Kier molecular flexibility index (Phi) is 2.73. The molecule has 0 amide bonds. The average Bonchev–Trinajstić information content (AvgIpc) is 2.72. The van der Waals surface area contributed by atoms with Crippen LogP contribution in [0.2, 0.25) is 0 Å². The van der Waals surface area contributed by atoms with Crippen molar-refractivity contribution in [2.75, 3.05) is 0 Å². The van der Waals surface area contributed by atoms with Crippen LogP contribution in [0.15, 0.2) is 10.1 Å². The molecule has 2 aromatic heterocycles. The first kappa shape index (κ1) is 10.2. The lowest BCUT2D eigenvalue weighted by atomic mass is 10.5. The van der Waals surface area contributed by atoms with E-state index < -0.39 is 5.97 Å². The number of carbonyl (C=O) groups is 1. The minimum absolute atomic E-state index is 0.361. The van der Waals surface area contributed by atoms with Crippen LogP contribution >= 0.6 is 27.3 Å². The first-order valence-electron chi connectivity index (χ1n) is 3.76. The lowest BCUT2D eigenvalue weighted by Gasteiger charge is -1.92. The molecule has 0 atom stereocenters. The largest absolute Gasteiger partial charge is 0.333 e. The Morgan fingerprint density at radius 3 is 3.07 bits per heavy atom. The van der Waals surface area contributed by atoms with E-state index in [2.05, 4.69) is 41.2 Å². The quantitative estimate of drug-likeness (QED) is 0.750. The molecule has 9 heteroatoms. The van der Waals surface area contributed by atoms with Gasteiger partial charge in [0.15, 0.2) is 3.92 Å². The molecule has 0 saturated heterocycles. The molecule has 2 rings (SSSR count).